The van der Waals surface area contributed by atoms with Crippen molar-refractivity contribution in [2.75, 3.05) is 24.9 Å². The van der Waals surface area contributed by atoms with Gasteiger partial charge in [-0.3, -0.25) is 10.1 Å². The zero-order valence-corrected chi connectivity index (χ0v) is 17.5. The van der Waals surface area contributed by atoms with E-state index in [-0.39, 0.29) is 5.91 Å². The van der Waals surface area contributed by atoms with Crippen LogP contribution in [0.25, 0.3) is 22.0 Å². The molecule has 0 unspecified atom stereocenters. The molecule has 156 valence electrons. The minimum atomic E-state index is -0.192. The molecule has 1 fully saturated rings. The highest BCUT2D eigenvalue weighted by atomic mass is 16.5. The van der Waals surface area contributed by atoms with Crippen LogP contribution in [0.4, 0.5) is 11.8 Å². The first-order chi connectivity index (χ1) is 14.6. The zero-order valence-electron chi connectivity index (χ0n) is 17.5. The van der Waals surface area contributed by atoms with Crippen LogP contribution in [0.5, 0.6) is 11.5 Å². The first kappa shape index (κ1) is 19.9. The Hall–Kier alpha value is -3.35. The van der Waals surface area contributed by atoms with Crippen LogP contribution in [0.1, 0.15) is 32.6 Å². The minimum Gasteiger partial charge on any atom is -0.493 e. The molecule has 1 aliphatic carbocycles. The van der Waals surface area contributed by atoms with E-state index in [0.29, 0.717) is 23.5 Å². The molecule has 1 amide bonds. The van der Waals surface area contributed by atoms with Crippen LogP contribution in [-0.4, -0.2) is 36.1 Å². The molecule has 0 spiro atoms. The Morgan fingerprint density at radius 2 is 1.67 bits per heavy atom. The molecular weight excluding hydrogens is 380 g/mol. The van der Waals surface area contributed by atoms with Crippen molar-refractivity contribution in [3.8, 4) is 22.6 Å². The number of anilines is 2. The van der Waals surface area contributed by atoms with Gasteiger partial charge in [0.05, 0.1) is 19.7 Å². The number of carbonyl (C=O) groups excluding carboxylic acids is 1. The van der Waals surface area contributed by atoms with E-state index >= 15 is 0 Å². The number of carbonyl (C=O) groups is 1. The van der Waals surface area contributed by atoms with Crippen molar-refractivity contribution in [1.82, 2.24) is 9.97 Å². The first-order valence-electron chi connectivity index (χ1n) is 10.2. The Labute approximate surface area is 175 Å². The van der Waals surface area contributed by atoms with Crippen LogP contribution in [0.2, 0.25) is 0 Å². The first-order valence-corrected chi connectivity index (χ1v) is 10.2. The summed E-state index contributed by atoms with van der Waals surface area (Å²) in [6, 6.07) is 12.3. The number of ether oxygens (including phenoxy) is 2. The molecule has 2 aromatic carbocycles. The minimum absolute atomic E-state index is 0.192. The van der Waals surface area contributed by atoms with Gasteiger partial charge in [-0.2, -0.15) is 4.98 Å². The Morgan fingerprint density at radius 1 is 0.967 bits per heavy atom. The molecule has 3 aromatic rings. The highest BCUT2D eigenvalue weighted by Crippen LogP contribution is 2.35. The van der Waals surface area contributed by atoms with E-state index in [2.05, 4.69) is 26.7 Å². The largest absolute Gasteiger partial charge is 0.493 e. The molecule has 1 heterocycles. The lowest BCUT2D eigenvalue weighted by Crippen LogP contribution is -2.17. The predicted octanol–water partition coefficient (Wildman–Crippen LogP) is 4.63. The molecule has 1 aliphatic rings. The summed E-state index contributed by atoms with van der Waals surface area (Å²) in [5.74, 6) is 2.24. The molecule has 4 rings (SSSR count). The van der Waals surface area contributed by atoms with E-state index in [1.54, 1.807) is 14.2 Å². The molecular formula is C23H26N4O3. The Balaban J connectivity index is 1.79. The molecule has 30 heavy (non-hydrogen) atoms. The fourth-order valence-corrected chi connectivity index (χ4v) is 3.91. The molecule has 0 saturated heterocycles. The summed E-state index contributed by atoms with van der Waals surface area (Å²) in [7, 11) is 3.25. The molecule has 0 atom stereocenters. The predicted molar refractivity (Wildman–Crippen MR) is 118 cm³/mol. The number of fused-ring (bicyclic) bond motifs is 1. The van der Waals surface area contributed by atoms with Gasteiger partial charge in [0.15, 0.2) is 11.5 Å². The average molecular weight is 406 g/mol. The topological polar surface area (TPSA) is 85.4 Å². The number of benzene rings is 2. The average Bonchev–Trinajstić information content (AvgIpc) is 3.25. The SMILES string of the molecule is COc1ccc(-c2ccc3nc(NC(C)=O)nc(NC4CCCC4)c3c2)cc1OC. The van der Waals surface area contributed by atoms with E-state index in [4.69, 9.17) is 9.47 Å². The van der Waals surface area contributed by atoms with Crippen LogP contribution in [0, 0.1) is 0 Å². The molecule has 1 saturated carbocycles. The van der Waals surface area contributed by atoms with Crippen LogP contribution in [0.15, 0.2) is 36.4 Å². The number of rotatable bonds is 6. The van der Waals surface area contributed by atoms with Crippen LogP contribution < -0.4 is 20.1 Å². The van der Waals surface area contributed by atoms with Crippen molar-refractivity contribution in [3.05, 3.63) is 36.4 Å². The van der Waals surface area contributed by atoms with Crippen molar-refractivity contribution in [2.45, 2.75) is 38.6 Å². The summed E-state index contributed by atoms with van der Waals surface area (Å²) < 4.78 is 10.8. The maximum Gasteiger partial charge on any atom is 0.231 e. The molecule has 2 N–H and O–H groups in total. The highest BCUT2D eigenvalue weighted by molar-refractivity contribution is 5.95. The van der Waals surface area contributed by atoms with Gasteiger partial charge >= 0.3 is 0 Å². The Kier molecular flexibility index (Phi) is 5.70. The second-order valence-electron chi connectivity index (χ2n) is 7.50. The van der Waals surface area contributed by atoms with E-state index in [1.165, 1.54) is 19.8 Å². The summed E-state index contributed by atoms with van der Waals surface area (Å²) in [5.41, 5.74) is 2.81. The van der Waals surface area contributed by atoms with Crippen molar-refractivity contribution in [1.29, 1.82) is 0 Å². The quantitative estimate of drug-likeness (QED) is 0.621. The van der Waals surface area contributed by atoms with Crippen molar-refractivity contribution in [2.24, 2.45) is 0 Å². The van der Waals surface area contributed by atoms with E-state index < -0.39 is 0 Å². The lowest BCUT2D eigenvalue weighted by Gasteiger charge is -2.16. The van der Waals surface area contributed by atoms with E-state index in [0.717, 1.165) is 40.7 Å². The Morgan fingerprint density at radius 3 is 2.37 bits per heavy atom. The van der Waals surface area contributed by atoms with Gasteiger partial charge in [0, 0.05) is 18.4 Å². The van der Waals surface area contributed by atoms with Gasteiger partial charge in [-0.1, -0.05) is 25.0 Å². The summed E-state index contributed by atoms with van der Waals surface area (Å²) in [6.07, 6.45) is 4.68. The zero-order chi connectivity index (χ0) is 21.1. The van der Waals surface area contributed by atoms with Gasteiger partial charge in [0.25, 0.3) is 0 Å². The smallest absolute Gasteiger partial charge is 0.231 e. The molecule has 7 nitrogen and oxygen atoms in total. The monoisotopic (exact) mass is 406 g/mol. The second-order valence-corrected chi connectivity index (χ2v) is 7.50. The number of hydrogen-bond acceptors (Lipinski definition) is 6. The summed E-state index contributed by atoms with van der Waals surface area (Å²) in [6.45, 7) is 1.46. The van der Waals surface area contributed by atoms with E-state index in [1.807, 2.05) is 30.3 Å². The molecule has 7 heteroatoms. The number of hydrogen-bond donors (Lipinski definition) is 2. The lowest BCUT2D eigenvalue weighted by molar-refractivity contribution is -0.114. The van der Waals surface area contributed by atoms with Gasteiger partial charge < -0.3 is 14.8 Å². The fourth-order valence-electron chi connectivity index (χ4n) is 3.91. The third-order valence-electron chi connectivity index (χ3n) is 5.40. The maximum atomic E-state index is 11.5. The fraction of sp³-hybridized carbons (Fsp3) is 0.348. The van der Waals surface area contributed by atoms with Gasteiger partial charge in [-0.15, -0.1) is 0 Å². The van der Waals surface area contributed by atoms with Crippen LogP contribution >= 0.6 is 0 Å². The summed E-state index contributed by atoms with van der Waals surface area (Å²) in [5, 5.41) is 7.19. The lowest BCUT2D eigenvalue weighted by atomic mass is 10.0. The van der Waals surface area contributed by atoms with Gasteiger partial charge in [0.2, 0.25) is 11.9 Å². The van der Waals surface area contributed by atoms with Crippen molar-refractivity contribution in [3.63, 3.8) is 0 Å². The number of nitrogens with zero attached hydrogens (tertiary/aromatic N) is 2. The van der Waals surface area contributed by atoms with Gasteiger partial charge in [-0.25, -0.2) is 4.98 Å². The Bertz CT molecular complexity index is 1080. The second kappa shape index (κ2) is 8.57. The van der Waals surface area contributed by atoms with Crippen LogP contribution in [0.3, 0.4) is 0 Å². The highest BCUT2D eigenvalue weighted by Gasteiger charge is 2.18. The normalized spacial score (nSPS) is 14.0. The van der Waals surface area contributed by atoms with Gasteiger partial charge in [0.1, 0.15) is 5.82 Å². The maximum absolute atomic E-state index is 11.5. The van der Waals surface area contributed by atoms with Crippen molar-refractivity contribution < 1.29 is 14.3 Å². The number of methoxy groups -OCH3 is 2. The number of aromatic nitrogens is 2. The standard InChI is InChI=1S/C23H26N4O3/c1-14(28)24-23-26-19-10-8-15(16-9-11-20(29-2)21(13-16)30-3)12-18(19)22(27-23)25-17-6-4-5-7-17/h8-13,17H,4-7H2,1-3H3,(H2,24,25,26,27,28). The number of nitrogens with one attached hydrogen (secondary N) is 2. The summed E-state index contributed by atoms with van der Waals surface area (Å²) >= 11 is 0. The molecule has 1 aromatic heterocycles. The third-order valence-corrected chi connectivity index (χ3v) is 5.40. The summed E-state index contributed by atoms with van der Waals surface area (Å²) in [4.78, 5) is 20.6. The third kappa shape index (κ3) is 4.15. The molecule has 0 aliphatic heterocycles. The molecule has 0 bridgehead atoms. The molecule has 0 radical (unpaired) electrons. The van der Waals surface area contributed by atoms with Gasteiger partial charge in [-0.05, 0) is 48.2 Å². The van der Waals surface area contributed by atoms with Crippen molar-refractivity contribution >= 4 is 28.6 Å². The van der Waals surface area contributed by atoms with Crippen LogP contribution in [-0.2, 0) is 4.79 Å². The van der Waals surface area contributed by atoms with E-state index in [9.17, 15) is 4.79 Å². The number of amides is 1.